The van der Waals surface area contributed by atoms with Crippen molar-refractivity contribution >= 4 is 22.8 Å². The Bertz CT molecular complexity index is 1540. The van der Waals surface area contributed by atoms with Gasteiger partial charge < -0.3 is 18.8 Å². The molecule has 5 rings (SSSR count). The number of fused-ring (bicyclic) bond motifs is 1. The summed E-state index contributed by atoms with van der Waals surface area (Å²) in [5, 5.41) is 0.825. The summed E-state index contributed by atoms with van der Waals surface area (Å²) in [4.78, 5) is 38.5. The SMILES string of the molecule is Cc1ccc(C(=O)OC[C@H]2O[C@@H](n3cc(C)c4ccccc(=O)c43)C[C@@H]2OC(=O)c2ccc(C)cc2)cc1. The quantitative estimate of drug-likeness (QED) is 0.327. The molecular formula is C31H29NO6. The van der Waals surface area contributed by atoms with Gasteiger partial charge in [0.1, 0.15) is 25.0 Å². The van der Waals surface area contributed by atoms with Gasteiger partial charge in [0.05, 0.1) is 16.6 Å². The summed E-state index contributed by atoms with van der Waals surface area (Å²) < 4.78 is 19.5. The number of benzene rings is 2. The number of rotatable bonds is 6. The molecule has 1 saturated heterocycles. The van der Waals surface area contributed by atoms with Gasteiger partial charge in [0.15, 0.2) is 0 Å². The Balaban J connectivity index is 1.41. The van der Waals surface area contributed by atoms with Crippen LogP contribution in [0.15, 0.2) is 83.8 Å². The second-order valence-electron chi connectivity index (χ2n) is 9.70. The van der Waals surface area contributed by atoms with Crippen LogP contribution in [0, 0.1) is 20.8 Å². The van der Waals surface area contributed by atoms with E-state index in [2.05, 4.69) is 0 Å². The third kappa shape index (κ3) is 5.24. The van der Waals surface area contributed by atoms with Crippen molar-refractivity contribution in [2.45, 2.75) is 45.6 Å². The number of aryl methyl sites for hydroxylation is 3. The molecule has 194 valence electrons. The average molecular weight is 512 g/mol. The van der Waals surface area contributed by atoms with Crippen LogP contribution in [0.3, 0.4) is 0 Å². The monoisotopic (exact) mass is 511 g/mol. The Hall–Kier alpha value is -4.23. The molecule has 0 saturated carbocycles. The Morgan fingerprint density at radius 2 is 1.47 bits per heavy atom. The largest absolute Gasteiger partial charge is 0.459 e. The molecule has 0 radical (unpaired) electrons. The van der Waals surface area contributed by atoms with E-state index in [0.29, 0.717) is 23.1 Å². The number of hydrogen-bond donors (Lipinski definition) is 0. The van der Waals surface area contributed by atoms with Gasteiger partial charge in [0, 0.05) is 18.0 Å². The Morgan fingerprint density at radius 3 is 2.13 bits per heavy atom. The first-order valence-corrected chi connectivity index (χ1v) is 12.6. The highest BCUT2D eigenvalue weighted by Crippen LogP contribution is 2.34. The molecule has 38 heavy (non-hydrogen) atoms. The molecule has 1 aliphatic rings. The van der Waals surface area contributed by atoms with Crippen molar-refractivity contribution < 1.29 is 23.8 Å². The predicted octanol–water partition coefficient (Wildman–Crippen LogP) is 5.30. The van der Waals surface area contributed by atoms with Crippen molar-refractivity contribution in [2.24, 2.45) is 0 Å². The van der Waals surface area contributed by atoms with E-state index in [1.165, 1.54) is 6.07 Å². The lowest BCUT2D eigenvalue weighted by molar-refractivity contribution is -0.0561. The number of hydrogen-bond acceptors (Lipinski definition) is 6. The van der Waals surface area contributed by atoms with Crippen LogP contribution in [0.4, 0.5) is 0 Å². The minimum atomic E-state index is -0.714. The summed E-state index contributed by atoms with van der Waals surface area (Å²) in [5.74, 6) is -0.977. The molecule has 0 unspecified atom stereocenters. The fourth-order valence-corrected chi connectivity index (χ4v) is 4.71. The van der Waals surface area contributed by atoms with Crippen LogP contribution in [-0.2, 0) is 14.2 Å². The van der Waals surface area contributed by atoms with Gasteiger partial charge in [-0.2, -0.15) is 0 Å². The first-order chi connectivity index (χ1) is 18.3. The molecule has 7 heteroatoms. The van der Waals surface area contributed by atoms with Crippen molar-refractivity contribution in [2.75, 3.05) is 6.61 Å². The van der Waals surface area contributed by atoms with Crippen LogP contribution < -0.4 is 5.43 Å². The summed E-state index contributed by atoms with van der Waals surface area (Å²) >= 11 is 0. The van der Waals surface area contributed by atoms with E-state index >= 15 is 0 Å². The fourth-order valence-electron chi connectivity index (χ4n) is 4.71. The first kappa shape index (κ1) is 25.4. The molecule has 0 amide bonds. The molecule has 0 N–H and O–H groups in total. The molecule has 0 spiro atoms. The van der Waals surface area contributed by atoms with Crippen molar-refractivity contribution in [3.8, 4) is 0 Å². The maximum atomic E-state index is 13.0. The van der Waals surface area contributed by atoms with Crippen LogP contribution in [0.1, 0.15) is 50.1 Å². The fraction of sp³-hybridized carbons (Fsp3) is 0.258. The van der Waals surface area contributed by atoms with Gasteiger partial charge in [-0.15, -0.1) is 0 Å². The maximum absolute atomic E-state index is 13.0. The van der Waals surface area contributed by atoms with E-state index in [-0.39, 0.29) is 12.0 Å². The average Bonchev–Trinajstić information content (AvgIpc) is 3.38. The summed E-state index contributed by atoms with van der Waals surface area (Å²) in [6.45, 7) is 5.71. The molecule has 1 fully saturated rings. The summed E-state index contributed by atoms with van der Waals surface area (Å²) in [6.07, 6.45) is 0.182. The zero-order valence-corrected chi connectivity index (χ0v) is 21.5. The lowest BCUT2D eigenvalue weighted by atomic mass is 10.1. The summed E-state index contributed by atoms with van der Waals surface area (Å²) in [7, 11) is 0. The molecule has 0 bridgehead atoms. The molecule has 0 aliphatic carbocycles. The van der Waals surface area contributed by atoms with Gasteiger partial charge in [0.25, 0.3) is 0 Å². The highest BCUT2D eigenvalue weighted by Gasteiger charge is 2.40. The molecule has 7 nitrogen and oxygen atoms in total. The minimum absolute atomic E-state index is 0.106. The van der Waals surface area contributed by atoms with Gasteiger partial charge in [-0.25, -0.2) is 9.59 Å². The van der Waals surface area contributed by atoms with Crippen LogP contribution in [-0.4, -0.2) is 35.3 Å². The highest BCUT2D eigenvalue weighted by atomic mass is 16.6. The maximum Gasteiger partial charge on any atom is 0.338 e. The van der Waals surface area contributed by atoms with E-state index in [1.807, 2.05) is 63.4 Å². The number of esters is 2. The van der Waals surface area contributed by atoms with Crippen LogP contribution >= 0.6 is 0 Å². The van der Waals surface area contributed by atoms with Crippen LogP contribution in [0.2, 0.25) is 0 Å². The van der Waals surface area contributed by atoms with Gasteiger partial charge in [-0.3, -0.25) is 4.79 Å². The lowest BCUT2D eigenvalue weighted by Crippen LogP contribution is -2.32. The number of carbonyl (C=O) groups excluding carboxylic acids is 2. The lowest BCUT2D eigenvalue weighted by Gasteiger charge is -2.19. The number of nitrogens with zero attached hydrogens (tertiary/aromatic N) is 1. The van der Waals surface area contributed by atoms with E-state index in [9.17, 15) is 14.4 Å². The van der Waals surface area contributed by atoms with E-state index in [0.717, 1.165) is 22.1 Å². The topological polar surface area (TPSA) is 83.8 Å². The second kappa shape index (κ2) is 10.6. The van der Waals surface area contributed by atoms with E-state index in [1.54, 1.807) is 34.9 Å². The normalized spacial score (nSPS) is 18.9. The zero-order valence-electron chi connectivity index (χ0n) is 21.5. The van der Waals surface area contributed by atoms with Crippen molar-refractivity contribution in [3.05, 3.63) is 117 Å². The molecule has 2 heterocycles. The van der Waals surface area contributed by atoms with Gasteiger partial charge in [-0.05, 0) is 56.7 Å². The van der Waals surface area contributed by atoms with Gasteiger partial charge in [0.2, 0.25) is 5.43 Å². The molecular weight excluding hydrogens is 482 g/mol. The van der Waals surface area contributed by atoms with Crippen LogP contribution in [0.5, 0.6) is 0 Å². The highest BCUT2D eigenvalue weighted by molar-refractivity contribution is 5.90. The predicted molar refractivity (Wildman–Crippen MR) is 143 cm³/mol. The van der Waals surface area contributed by atoms with Crippen molar-refractivity contribution in [3.63, 3.8) is 0 Å². The molecule has 3 aromatic carbocycles. The number of aromatic nitrogens is 1. The minimum Gasteiger partial charge on any atom is -0.459 e. The first-order valence-electron chi connectivity index (χ1n) is 12.6. The van der Waals surface area contributed by atoms with Crippen molar-refractivity contribution in [1.82, 2.24) is 4.57 Å². The van der Waals surface area contributed by atoms with Gasteiger partial charge in [-0.1, -0.05) is 53.6 Å². The smallest absolute Gasteiger partial charge is 0.338 e. The third-order valence-electron chi connectivity index (χ3n) is 6.83. The van der Waals surface area contributed by atoms with E-state index < -0.39 is 30.4 Å². The Kier molecular flexibility index (Phi) is 7.11. The second-order valence-corrected chi connectivity index (χ2v) is 9.70. The Labute approximate surface area is 220 Å². The third-order valence-corrected chi connectivity index (χ3v) is 6.83. The Morgan fingerprint density at radius 1 is 0.868 bits per heavy atom. The van der Waals surface area contributed by atoms with E-state index in [4.69, 9.17) is 14.2 Å². The van der Waals surface area contributed by atoms with Crippen LogP contribution in [0.25, 0.3) is 10.9 Å². The number of ether oxygens (including phenoxy) is 3. The van der Waals surface area contributed by atoms with Gasteiger partial charge >= 0.3 is 11.9 Å². The summed E-state index contributed by atoms with van der Waals surface area (Å²) in [5.41, 5.74) is 4.22. The van der Waals surface area contributed by atoms with Crippen molar-refractivity contribution in [1.29, 1.82) is 0 Å². The molecule has 1 aromatic heterocycles. The molecule has 3 atom stereocenters. The zero-order chi connectivity index (χ0) is 26.8. The number of carbonyl (C=O) groups is 2. The molecule has 4 aromatic rings. The standard InChI is InChI=1S/C31H29NO6/c1-19-8-12-22(13-9-19)30(34)36-18-27-26(38-31(35)23-14-10-20(2)11-15-23)16-28(37-27)32-17-21(3)24-6-4-5-7-25(33)29(24)32/h4-15,17,26-28H,16,18H2,1-3H3/t26-,27+,28+/m0/s1. The molecule has 1 aliphatic heterocycles. The summed E-state index contributed by atoms with van der Waals surface area (Å²) in [6, 6.07) is 21.1.